The van der Waals surface area contributed by atoms with Gasteiger partial charge >= 0.3 is 0 Å². The highest BCUT2D eigenvalue weighted by molar-refractivity contribution is 5.12. The molecule has 1 aromatic heterocycles. The van der Waals surface area contributed by atoms with E-state index in [0.29, 0.717) is 13.2 Å². The smallest absolute Gasteiger partial charge is 0.0993 e. The van der Waals surface area contributed by atoms with E-state index in [9.17, 15) is 5.11 Å². The van der Waals surface area contributed by atoms with Gasteiger partial charge < -0.3 is 9.84 Å². The van der Waals surface area contributed by atoms with Gasteiger partial charge in [0, 0.05) is 13.3 Å². The summed E-state index contributed by atoms with van der Waals surface area (Å²) in [6, 6.07) is 1.89. The number of hydrogen-bond acceptors (Lipinski definition) is 3. The first-order valence-corrected chi connectivity index (χ1v) is 6.68. The summed E-state index contributed by atoms with van der Waals surface area (Å²) in [5.74, 6) is 0. The lowest BCUT2D eigenvalue weighted by Crippen LogP contribution is -2.13. The number of allylic oxidation sites excluding steroid dienone is 1. The van der Waals surface area contributed by atoms with Crippen LogP contribution in [0, 0.1) is 0 Å². The minimum atomic E-state index is -0.450. The van der Waals surface area contributed by atoms with Gasteiger partial charge in [0.1, 0.15) is 0 Å². The number of ether oxygens (including phenoxy) is 1. The van der Waals surface area contributed by atoms with Gasteiger partial charge in [0.2, 0.25) is 0 Å². The maximum atomic E-state index is 10.3. The van der Waals surface area contributed by atoms with E-state index in [0.717, 1.165) is 25.0 Å². The van der Waals surface area contributed by atoms with Crippen LogP contribution in [0.15, 0.2) is 23.9 Å². The standard InChI is InChI=1S/C14H22N2O2/c1-18-10-9-16-13(7-8-15-16)14(17)11-12-5-3-2-4-6-12/h5,7-8,14,17H,2-4,6,9-11H2,1H3. The van der Waals surface area contributed by atoms with Crippen LogP contribution in [-0.2, 0) is 11.3 Å². The van der Waals surface area contributed by atoms with Gasteiger partial charge in [-0.25, -0.2) is 0 Å². The summed E-state index contributed by atoms with van der Waals surface area (Å²) in [6.07, 6.45) is 9.12. The first-order valence-electron chi connectivity index (χ1n) is 6.68. The fourth-order valence-corrected chi connectivity index (χ4v) is 2.43. The molecule has 1 aliphatic rings. The number of aromatic nitrogens is 2. The number of rotatable bonds is 6. The summed E-state index contributed by atoms with van der Waals surface area (Å²) in [5.41, 5.74) is 2.27. The van der Waals surface area contributed by atoms with E-state index in [1.54, 1.807) is 13.3 Å². The molecule has 1 unspecified atom stereocenters. The molecule has 4 nitrogen and oxygen atoms in total. The zero-order valence-electron chi connectivity index (χ0n) is 11.0. The van der Waals surface area contributed by atoms with Crippen molar-refractivity contribution in [1.82, 2.24) is 9.78 Å². The quantitative estimate of drug-likeness (QED) is 0.789. The minimum absolute atomic E-state index is 0.450. The van der Waals surface area contributed by atoms with E-state index < -0.39 is 6.10 Å². The van der Waals surface area contributed by atoms with Crippen molar-refractivity contribution in [2.45, 2.75) is 44.8 Å². The fourth-order valence-electron chi connectivity index (χ4n) is 2.43. The molecule has 0 aliphatic heterocycles. The second kappa shape index (κ2) is 6.71. The monoisotopic (exact) mass is 250 g/mol. The molecule has 0 bridgehead atoms. The third kappa shape index (κ3) is 3.43. The molecule has 100 valence electrons. The van der Waals surface area contributed by atoms with E-state index in [-0.39, 0.29) is 0 Å². The Hall–Kier alpha value is -1.13. The van der Waals surface area contributed by atoms with Crippen molar-refractivity contribution < 1.29 is 9.84 Å². The molecule has 1 aliphatic carbocycles. The Labute approximate surface area is 108 Å². The number of aliphatic hydroxyl groups excluding tert-OH is 1. The van der Waals surface area contributed by atoms with Gasteiger partial charge in [-0.1, -0.05) is 11.6 Å². The summed E-state index contributed by atoms with van der Waals surface area (Å²) in [7, 11) is 1.67. The molecule has 0 radical (unpaired) electrons. The molecule has 0 saturated carbocycles. The van der Waals surface area contributed by atoms with E-state index >= 15 is 0 Å². The molecule has 0 aromatic carbocycles. The predicted octanol–water partition coefficient (Wildman–Crippen LogP) is 2.45. The minimum Gasteiger partial charge on any atom is -0.386 e. The zero-order valence-corrected chi connectivity index (χ0v) is 11.0. The molecule has 1 N–H and O–H groups in total. The fraction of sp³-hybridized carbons (Fsp3) is 0.643. The third-order valence-electron chi connectivity index (χ3n) is 3.44. The van der Waals surface area contributed by atoms with Crippen LogP contribution in [-0.4, -0.2) is 28.6 Å². The predicted molar refractivity (Wildman–Crippen MR) is 70.2 cm³/mol. The highest BCUT2D eigenvalue weighted by Crippen LogP contribution is 2.27. The Bertz CT molecular complexity index is 398. The molecule has 4 heteroatoms. The number of hydrogen-bond donors (Lipinski definition) is 1. The Morgan fingerprint density at radius 2 is 2.39 bits per heavy atom. The summed E-state index contributed by atoms with van der Waals surface area (Å²) in [5, 5.41) is 14.5. The summed E-state index contributed by atoms with van der Waals surface area (Å²) in [4.78, 5) is 0. The average Bonchev–Trinajstić information content (AvgIpc) is 2.86. The van der Waals surface area contributed by atoms with Gasteiger partial charge in [-0.05, 0) is 38.2 Å². The first kappa shape index (κ1) is 13.3. The topological polar surface area (TPSA) is 47.3 Å². The molecular weight excluding hydrogens is 228 g/mol. The van der Waals surface area contributed by atoms with Crippen molar-refractivity contribution in [3.8, 4) is 0 Å². The van der Waals surface area contributed by atoms with Crippen molar-refractivity contribution in [1.29, 1.82) is 0 Å². The molecule has 0 spiro atoms. The highest BCUT2D eigenvalue weighted by atomic mass is 16.5. The first-order chi connectivity index (χ1) is 8.81. The highest BCUT2D eigenvalue weighted by Gasteiger charge is 2.15. The Kier molecular flexibility index (Phi) is 4.96. The van der Waals surface area contributed by atoms with Crippen LogP contribution in [0.2, 0.25) is 0 Å². The second-order valence-corrected chi connectivity index (χ2v) is 4.80. The van der Waals surface area contributed by atoms with Crippen molar-refractivity contribution in [3.63, 3.8) is 0 Å². The van der Waals surface area contributed by atoms with Gasteiger partial charge in [-0.2, -0.15) is 5.10 Å². The number of methoxy groups -OCH3 is 1. The SMILES string of the molecule is COCCn1nccc1C(O)CC1=CCCCC1. The summed E-state index contributed by atoms with van der Waals surface area (Å²) >= 11 is 0. The van der Waals surface area contributed by atoms with E-state index in [2.05, 4.69) is 11.2 Å². The third-order valence-corrected chi connectivity index (χ3v) is 3.44. The lowest BCUT2D eigenvalue weighted by atomic mass is 9.94. The summed E-state index contributed by atoms with van der Waals surface area (Å²) in [6.45, 7) is 1.30. The normalized spacial score (nSPS) is 17.6. The van der Waals surface area contributed by atoms with E-state index in [1.165, 1.54) is 18.4 Å². The van der Waals surface area contributed by atoms with Gasteiger partial charge in [0.05, 0.1) is 24.9 Å². The van der Waals surface area contributed by atoms with Crippen molar-refractivity contribution in [2.75, 3.05) is 13.7 Å². The van der Waals surface area contributed by atoms with Crippen LogP contribution in [0.1, 0.15) is 43.9 Å². The van der Waals surface area contributed by atoms with Crippen LogP contribution in [0.3, 0.4) is 0 Å². The van der Waals surface area contributed by atoms with Crippen LogP contribution >= 0.6 is 0 Å². The molecule has 18 heavy (non-hydrogen) atoms. The Morgan fingerprint density at radius 1 is 1.50 bits per heavy atom. The molecule has 1 heterocycles. The Balaban J connectivity index is 1.97. The van der Waals surface area contributed by atoms with Gasteiger partial charge in [0.25, 0.3) is 0 Å². The number of aliphatic hydroxyl groups is 1. The van der Waals surface area contributed by atoms with Crippen LogP contribution in [0.5, 0.6) is 0 Å². The van der Waals surface area contributed by atoms with Gasteiger partial charge in [0.15, 0.2) is 0 Å². The zero-order chi connectivity index (χ0) is 12.8. The molecule has 0 fully saturated rings. The van der Waals surface area contributed by atoms with Crippen LogP contribution in [0.4, 0.5) is 0 Å². The van der Waals surface area contributed by atoms with E-state index in [4.69, 9.17) is 4.74 Å². The van der Waals surface area contributed by atoms with E-state index in [1.807, 2.05) is 10.7 Å². The number of nitrogens with zero attached hydrogens (tertiary/aromatic N) is 2. The van der Waals surface area contributed by atoms with Crippen LogP contribution < -0.4 is 0 Å². The molecule has 0 amide bonds. The molecule has 0 saturated heterocycles. The maximum absolute atomic E-state index is 10.3. The van der Waals surface area contributed by atoms with Crippen molar-refractivity contribution >= 4 is 0 Å². The lowest BCUT2D eigenvalue weighted by Gasteiger charge is -2.17. The maximum Gasteiger partial charge on any atom is 0.0993 e. The van der Waals surface area contributed by atoms with Crippen molar-refractivity contribution in [3.05, 3.63) is 29.6 Å². The van der Waals surface area contributed by atoms with Gasteiger partial charge in [-0.15, -0.1) is 0 Å². The Morgan fingerprint density at radius 3 is 3.11 bits per heavy atom. The average molecular weight is 250 g/mol. The second-order valence-electron chi connectivity index (χ2n) is 4.80. The van der Waals surface area contributed by atoms with Crippen molar-refractivity contribution in [2.24, 2.45) is 0 Å². The van der Waals surface area contributed by atoms with Crippen LogP contribution in [0.25, 0.3) is 0 Å². The molecular formula is C14H22N2O2. The molecule has 1 aromatic rings. The largest absolute Gasteiger partial charge is 0.386 e. The molecule has 1 atom stereocenters. The summed E-state index contributed by atoms with van der Waals surface area (Å²) < 4.78 is 6.88. The molecule has 2 rings (SSSR count). The van der Waals surface area contributed by atoms with Gasteiger partial charge in [-0.3, -0.25) is 4.68 Å². The lowest BCUT2D eigenvalue weighted by molar-refractivity contribution is 0.152.